The fourth-order valence-corrected chi connectivity index (χ4v) is 3.21. The monoisotopic (exact) mass is 387 g/mol. The third-order valence-corrected chi connectivity index (χ3v) is 5.44. The maximum absolute atomic E-state index is 13.1. The molecule has 1 unspecified atom stereocenters. The summed E-state index contributed by atoms with van der Waals surface area (Å²) in [5.41, 5.74) is 1.86. The third-order valence-electron chi connectivity index (χ3n) is 3.67. The molecule has 0 aliphatic heterocycles. The van der Waals surface area contributed by atoms with Crippen molar-refractivity contribution >= 4 is 44.8 Å². The highest BCUT2D eigenvalue weighted by molar-refractivity contribution is 9.10. The molecule has 5 heteroatoms. The van der Waals surface area contributed by atoms with Crippen LogP contribution in [0.5, 0.6) is 0 Å². The largest absolute Gasteiger partial charge is 0.377 e. The Balaban J connectivity index is 1.89. The second-order valence-electron chi connectivity index (χ2n) is 5.23. The molecular weight excluding hydrogens is 376 g/mol. The van der Waals surface area contributed by atoms with E-state index in [0.717, 1.165) is 28.6 Å². The molecule has 1 aliphatic rings. The van der Waals surface area contributed by atoms with Gasteiger partial charge < -0.3 is 5.32 Å². The normalized spacial score (nSPS) is 15.8. The van der Waals surface area contributed by atoms with E-state index in [9.17, 15) is 4.39 Å². The Labute approximate surface area is 141 Å². The lowest BCUT2D eigenvalue weighted by molar-refractivity contribution is 0.622. The lowest BCUT2D eigenvalue weighted by atomic mass is 10.0. The molecule has 3 rings (SSSR count). The lowest BCUT2D eigenvalue weighted by Crippen LogP contribution is -2.13. The van der Waals surface area contributed by atoms with E-state index in [4.69, 9.17) is 23.2 Å². The van der Waals surface area contributed by atoms with E-state index < -0.39 is 0 Å². The van der Waals surface area contributed by atoms with E-state index in [1.165, 1.54) is 12.1 Å². The van der Waals surface area contributed by atoms with Crippen LogP contribution < -0.4 is 5.32 Å². The predicted octanol–water partition coefficient (Wildman–Crippen LogP) is 6.46. The van der Waals surface area contributed by atoms with E-state index in [2.05, 4.69) is 21.2 Å². The topological polar surface area (TPSA) is 12.0 Å². The van der Waals surface area contributed by atoms with Crippen LogP contribution in [-0.4, -0.2) is 0 Å². The molecule has 2 aromatic rings. The molecule has 21 heavy (non-hydrogen) atoms. The van der Waals surface area contributed by atoms with Gasteiger partial charge in [-0.05, 0) is 64.5 Å². The van der Waals surface area contributed by atoms with Crippen LogP contribution in [0, 0.1) is 11.7 Å². The summed E-state index contributed by atoms with van der Waals surface area (Å²) in [5.74, 6) is 0.326. The summed E-state index contributed by atoms with van der Waals surface area (Å²) in [7, 11) is 0. The zero-order valence-electron chi connectivity index (χ0n) is 11.0. The lowest BCUT2D eigenvalue weighted by Gasteiger charge is -2.21. The zero-order valence-corrected chi connectivity index (χ0v) is 14.1. The van der Waals surface area contributed by atoms with Gasteiger partial charge in [-0.25, -0.2) is 4.39 Å². The molecule has 1 atom stereocenters. The molecule has 1 saturated carbocycles. The highest BCUT2D eigenvalue weighted by Gasteiger charge is 2.32. The van der Waals surface area contributed by atoms with Gasteiger partial charge in [-0.3, -0.25) is 0 Å². The summed E-state index contributed by atoms with van der Waals surface area (Å²) < 4.78 is 13.9. The van der Waals surface area contributed by atoms with Crippen LogP contribution in [0.15, 0.2) is 40.9 Å². The van der Waals surface area contributed by atoms with Gasteiger partial charge in [-0.2, -0.15) is 0 Å². The van der Waals surface area contributed by atoms with E-state index in [-0.39, 0.29) is 11.9 Å². The molecule has 110 valence electrons. The van der Waals surface area contributed by atoms with Crippen molar-refractivity contribution in [3.63, 3.8) is 0 Å². The van der Waals surface area contributed by atoms with Crippen molar-refractivity contribution < 1.29 is 4.39 Å². The first-order valence-electron chi connectivity index (χ1n) is 6.72. The number of rotatable bonds is 4. The van der Waals surface area contributed by atoms with E-state index in [1.807, 2.05) is 24.3 Å². The Morgan fingerprint density at radius 1 is 1.05 bits per heavy atom. The molecule has 1 aliphatic carbocycles. The van der Waals surface area contributed by atoms with Crippen molar-refractivity contribution in [3.8, 4) is 0 Å². The molecular formula is C16H13BrCl2FN. The molecule has 0 bridgehead atoms. The Morgan fingerprint density at radius 2 is 1.71 bits per heavy atom. The van der Waals surface area contributed by atoms with Crippen molar-refractivity contribution in [3.05, 3.63) is 62.3 Å². The smallest absolute Gasteiger partial charge is 0.123 e. The van der Waals surface area contributed by atoms with Gasteiger partial charge in [0.1, 0.15) is 5.82 Å². The van der Waals surface area contributed by atoms with Crippen molar-refractivity contribution in [2.24, 2.45) is 5.92 Å². The number of halogens is 4. The number of benzene rings is 2. The molecule has 1 fully saturated rings. The van der Waals surface area contributed by atoms with Gasteiger partial charge in [0.05, 0.1) is 21.8 Å². The molecule has 1 nitrogen and oxygen atoms in total. The Bertz CT molecular complexity index is 656. The summed E-state index contributed by atoms with van der Waals surface area (Å²) >= 11 is 15.8. The van der Waals surface area contributed by atoms with Crippen LogP contribution >= 0.6 is 39.1 Å². The first kappa shape index (κ1) is 15.1. The molecule has 0 saturated heterocycles. The van der Waals surface area contributed by atoms with Crippen molar-refractivity contribution in [2.45, 2.75) is 18.9 Å². The maximum atomic E-state index is 13.1. The Morgan fingerprint density at radius 3 is 2.33 bits per heavy atom. The molecule has 0 aromatic heterocycles. The van der Waals surface area contributed by atoms with Gasteiger partial charge in [-0.1, -0.05) is 35.3 Å². The quantitative estimate of drug-likeness (QED) is 0.592. The van der Waals surface area contributed by atoms with Gasteiger partial charge >= 0.3 is 0 Å². The summed E-state index contributed by atoms with van der Waals surface area (Å²) in [6.07, 6.45) is 2.33. The first-order chi connectivity index (χ1) is 10.1. The Kier molecular flexibility index (Phi) is 4.43. The first-order valence-corrected chi connectivity index (χ1v) is 8.26. The van der Waals surface area contributed by atoms with Crippen LogP contribution in [-0.2, 0) is 0 Å². The second kappa shape index (κ2) is 6.15. The average molecular weight is 389 g/mol. The van der Waals surface area contributed by atoms with Gasteiger partial charge in [0.15, 0.2) is 0 Å². The molecule has 0 amide bonds. The van der Waals surface area contributed by atoms with Gasteiger partial charge in [0.25, 0.3) is 0 Å². The number of hydrogen-bond donors (Lipinski definition) is 1. The van der Waals surface area contributed by atoms with E-state index >= 15 is 0 Å². The third kappa shape index (κ3) is 3.36. The molecule has 0 radical (unpaired) electrons. The van der Waals surface area contributed by atoms with Crippen LogP contribution in [0.2, 0.25) is 10.0 Å². The Hall–Kier alpha value is -0.770. The highest BCUT2D eigenvalue weighted by Crippen LogP contribution is 2.45. The number of hydrogen-bond acceptors (Lipinski definition) is 1. The summed E-state index contributed by atoms with van der Waals surface area (Å²) in [4.78, 5) is 0. The minimum absolute atomic E-state index is 0.125. The van der Waals surface area contributed by atoms with Gasteiger partial charge in [-0.15, -0.1) is 0 Å². The number of nitrogens with one attached hydrogen (secondary N) is 1. The SMILES string of the molecule is Fc1ccc(C(Nc2ccc(Br)c(Cl)c2Cl)C2CC2)cc1. The van der Waals surface area contributed by atoms with Crippen molar-refractivity contribution in [1.82, 2.24) is 0 Å². The van der Waals surface area contributed by atoms with Crippen LogP contribution in [0.4, 0.5) is 10.1 Å². The molecule has 2 aromatic carbocycles. The van der Waals surface area contributed by atoms with Crippen LogP contribution in [0.1, 0.15) is 24.4 Å². The summed E-state index contributed by atoms with van der Waals surface area (Å²) in [5, 5.41) is 4.45. The van der Waals surface area contributed by atoms with Crippen molar-refractivity contribution in [1.29, 1.82) is 0 Å². The second-order valence-corrected chi connectivity index (χ2v) is 6.84. The minimum Gasteiger partial charge on any atom is -0.377 e. The van der Waals surface area contributed by atoms with Gasteiger partial charge in [0.2, 0.25) is 0 Å². The zero-order chi connectivity index (χ0) is 15.0. The van der Waals surface area contributed by atoms with E-state index in [0.29, 0.717) is 16.0 Å². The van der Waals surface area contributed by atoms with Gasteiger partial charge in [0, 0.05) is 4.47 Å². The fraction of sp³-hybridized carbons (Fsp3) is 0.250. The molecule has 0 spiro atoms. The standard InChI is InChI=1S/C16H13BrCl2FN/c17-12-7-8-13(15(19)14(12)18)21-16(9-1-2-9)10-3-5-11(20)6-4-10/h3-9,16,21H,1-2H2. The van der Waals surface area contributed by atoms with E-state index in [1.54, 1.807) is 0 Å². The van der Waals surface area contributed by atoms with Crippen LogP contribution in [0.25, 0.3) is 0 Å². The fourth-order valence-electron chi connectivity index (χ4n) is 2.38. The van der Waals surface area contributed by atoms with Crippen LogP contribution in [0.3, 0.4) is 0 Å². The predicted molar refractivity (Wildman–Crippen MR) is 89.6 cm³/mol. The number of anilines is 1. The molecule has 1 N–H and O–H groups in total. The molecule has 0 heterocycles. The summed E-state index contributed by atoms with van der Waals surface area (Å²) in [6.45, 7) is 0. The van der Waals surface area contributed by atoms with Crippen molar-refractivity contribution in [2.75, 3.05) is 5.32 Å². The maximum Gasteiger partial charge on any atom is 0.123 e. The summed E-state index contributed by atoms with van der Waals surface area (Å²) in [6, 6.07) is 10.5. The minimum atomic E-state index is -0.224. The average Bonchev–Trinajstić information content (AvgIpc) is 3.30. The highest BCUT2D eigenvalue weighted by atomic mass is 79.9.